The molecule has 4 heteroatoms. The summed E-state index contributed by atoms with van der Waals surface area (Å²) in [5.41, 5.74) is 3.91. The molecule has 2 aromatic rings. The summed E-state index contributed by atoms with van der Waals surface area (Å²) in [7, 11) is 3.37. The van der Waals surface area contributed by atoms with Crippen LogP contribution in [0.15, 0.2) is 42.5 Å². The van der Waals surface area contributed by atoms with Crippen molar-refractivity contribution in [2.24, 2.45) is 0 Å². The van der Waals surface area contributed by atoms with E-state index in [0.717, 1.165) is 28.0 Å². The summed E-state index contributed by atoms with van der Waals surface area (Å²) in [5, 5.41) is 10.5. The predicted molar refractivity (Wildman–Crippen MR) is 99.8 cm³/mol. The van der Waals surface area contributed by atoms with E-state index < -0.39 is 6.10 Å². The van der Waals surface area contributed by atoms with Crippen molar-refractivity contribution in [3.05, 3.63) is 64.7 Å². The van der Waals surface area contributed by atoms with Crippen molar-refractivity contribution in [2.75, 3.05) is 14.2 Å². The lowest BCUT2D eigenvalue weighted by Gasteiger charge is -2.29. The average Bonchev–Trinajstić information content (AvgIpc) is 2.63. The first-order valence-electron chi connectivity index (χ1n) is 8.48. The summed E-state index contributed by atoms with van der Waals surface area (Å²) in [6.45, 7) is 5.87. The van der Waals surface area contributed by atoms with E-state index in [1.54, 1.807) is 19.1 Å². The molecule has 2 atom stereocenters. The van der Waals surface area contributed by atoms with E-state index in [1.807, 2.05) is 63.2 Å². The largest absolute Gasteiger partial charge is 0.496 e. The Morgan fingerprint density at radius 1 is 1.20 bits per heavy atom. The van der Waals surface area contributed by atoms with Crippen LogP contribution >= 0.6 is 0 Å². The summed E-state index contributed by atoms with van der Waals surface area (Å²) in [4.78, 5) is 14.3. The minimum atomic E-state index is -0.718. The van der Waals surface area contributed by atoms with Gasteiger partial charge in [0, 0.05) is 7.05 Å². The summed E-state index contributed by atoms with van der Waals surface area (Å²) >= 11 is 0. The van der Waals surface area contributed by atoms with Crippen molar-refractivity contribution in [1.29, 1.82) is 0 Å². The van der Waals surface area contributed by atoms with Gasteiger partial charge in [0.25, 0.3) is 0 Å². The molecular weight excluding hydrogens is 314 g/mol. The fraction of sp³-hybridized carbons (Fsp3) is 0.381. The zero-order valence-corrected chi connectivity index (χ0v) is 15.6. The van der Waals surface area contributed by atoms with Crippen LogP contribution in [0.3, 0.4) is 0 Å². The molecule has 0 aliphatic rings. The molecule has 0 heterocycles. The van der Waals surface area contributed by atoms with Crippen LogP contribution in [0, 0.1) is 13.8 Å². The van der Waals surface area contributed by atoms with E-state index in [4.69, 9.17) is 4.74 Å². The first kappa shape index (κ1) is 19.0. The van der Waals surface area contributed by atoms with Crippen molar-refractivity contribution in [3.8, 4) is 5.75 Å². The number of amides is 1. The summed E-state index contributed by atoms with van der Waals surface area (Å²) in [6.07, 6.45) is -0.441. The van der Waals surface area contributed by atoms with Crippen LogP contribution in [0.1, 0.15) is 35.3 Å². The van der Waals surface area contributed by atoms with Crippen LogP contribution in [0.2, 0.25) is 0 Å². The smallest absolute Gasteiger partial charge is 0.227 e. The third-order valence-corrected chi connectivity index (χ3v) is 4.86. The molecule has 0 aliphatic carbocycles. The number of methoxy groups -OCH3 is 1. The normalized spacial score (nSPS) is 13.2. The van der Waals surface area contributed by atoms with Gasteiger partial charge in [0.05, 0.1) is 25.7 Å². The molecule has 2 rings (SSSR count). The van der Waals surface area contributed by atoms with E-state index in [-0.39, 0.29) is 18.4 Å². The second-order valence-corrected chi connectivity index (χ2v) is 6.52. The van der Waals surface area contributed by atoms with E-state index in [9.17, 15) is 9.90 Å². The van der Waals surface area contributed by atoms with Crippen molar-refractivity contribution >= 4 is 5.91 Å². The van der Waals surface area contributed by atoms with Crippen LogP contribution < -0.4 is 4.74 Å². The number of carbonyl (C=O) groups excluding carboxylic acids is 1. The maximum atomic E-state index is 12.7. The van der Waals surface area contributed by atoms with Crippen LogP contribution in [-0.2, 0) is 11.2 Å². The molecule has 0 saturated heterocycles. The van der Waals surface area contributed by atoms with Crippen molar-refractivity contribution in [3.63, 3.8) is 0 Å². The van der Waals surface area contributed by atoms with E-state index in [2.05, 4.69) is 0 Å². The van der Waals surface area contributed by atoms with Gasteiger partial charge in [0.1, 0.15) is 5.75 Å². The Kier molecular flexibility index (Phi) is 6.21. The van der Waals surface area contributed by atoms with Gasteiger partial charge in [-0.25, -0.2) is 0 Å². The van der Waals surface area contributed by atoms with Crippen LogP contribution in [-0.4, -0.2) is 36.1 Å². The number of benzene rings is 2. The lowest BCUT2D eigenvalue weighted by Crippen LogP contribution is -2.39. The van der Waals surface area contributed by atoms with Gasteiger partial charge in [-0.3, -0.25) is 4.79 Å². The highest BCUT2D eigenvalue weighted by Crippen LogP contribution is 2.25. The first-order valence-corrected chi connectivity index (χ1v) is 8.48. The highest BCUT2D eigenvalue weighted by Gasteiger charge is 2.24. The molecule has 0 aromatic heterocycles. The van der Waals surface area contributed by atoms with Gasteiger partial charge in [-0.15, -0.1) is 0 Å². The average molecular weight is 341 g/mol. The number of rotatable bonds is 6. The maximum Gasteiger partial charge on any atom is 0.227 e. The Morgan fingerprint density at radius 3 is 2.44 bits per heavy atom. The predicted octanol–water partition coefficient (Wildman–Crippen LogP) is 3.44. The zero-order valence-electron chi connectivity index (χ0n) is 15.6. The Labute approximate surface area is 150 Å². The molecule has 1 N–H and O–H groups in total. The van der Waals surface area contributed by atoms with E-state index in [1.165, 1.54) is 0 Å². The number of likely N-dealkylation sites (N-methyl/N-ethyl adjacent to an activating group) is 1. The quantitative estimate of drug-likeness (QED) is 0.876. The minimum Gasteiger partial charge on any atom is -0.496 e. The Morgan fingerprint density at radius 2 is 1.84 bits per heavy atom. The van der Waals surface area contributed by atoms with E-state index >= 15 is 0 Å². The van der Waals surface area contributed by atoms with Gasteiger partial charge in [-0.1, -0.05) is 36.4 Å². The lowest BCUT2D eigenvalue weighted by atomic mass is 10.0. The second-order valence-electron chi connectivity index (χ2n) is 6.52. The third kappa shape index (κ3) is 4.40. The van der Waals surface area contributed by atoms with Crippen LogP contribution in [0.5, 0.6) is 5.75 Å². The maximum absolute atomic E-state index is 12.7. The molecule has 2 aromatic carbocycles. The number of carbonyl (C=O) groups is 1. The topological polar surface area (TPSA) is 49.8 Å². The van der Waals surface area contributed by atoms with Crippen LogP contribution in [0.4, 0.5) is 0 Å². The summed E-state index contributed by atoms with van der Waals surface area (Å²) in [6, 6.07) is 13.0. The Balaban J connectivity index is 2.11. The zero-order chi connectivity index (χ0) is 18.6. The Hall–Kier alpha value is -2.33. The van der Waals surface area contributed by atoms with Crippen molar-refractivity contribution in [2.45, 2.75) is 39.3 Å². The highest BCUT2D eigenvalue weighted by atomic mass is 16.5. The van der Waals surface area contributed by atoms with Gasteiger partial charge in [-0.05, 0) is 49.1 Å². The lowest BCUT2D eigenvalue weighted by molar-refractivity contribution is -0.133. The highest BCUT2D eigenvalue weighted by molar-refractivity contribution is 5.79. The molecule has 0 saturated carbocycles. The summed E-state index contributed by atoms with van der Waals surface area (Å²) < 4.78 is 5.39. The fourth-order valence-corrected chi connectivity index (χ4v) is 2.88. The second kappa shape index (κ2) is 8.17. The molecule has 0 radical (unpaired) electrons. The van der Waals surface area contributed by atoms with Crippen molar-refractivity contribution < 1.29 is 14.6 Å². The van der Waals surface area contributed by atoms with Gasteiger partial charge in [0.15, 0.2) is 0 Å². The summed E-state index contributed by atoms with van der Waals surface area (Å²) in [5.74, 6) is 0.760. The number of aryl methyl sites for hydroxylation is 1. The minimum absolute atomic E-state index is 0.0345. The number of aliphatic hydroxyl groups is 1. The molecule has 0 spiro atoms. The van der Waals surface area contributed by atoms with Crippen LogP contribution in [0.25, 0.3) is 0 Å². The van der Waals surface area contributed by atoms with Gasteiger partial charge >= 0.3 is 0 Å². The van der Waals surface area contributed by atoms with Gasteiger partial charge in [0.2, 0.25) is 5.91 Å². The fourth-order valence-electron chi connectivity index (χ4n) is 2.88. The molecule has 134 valence electrons. The van der Waals surface area contributed by atoms with Crippen molar-refractivity contribution in [1.82, 2.24) is 4.90 Å². The number of nitrogens with zero attached hydrogens (tertiary/aromatic N) is 1. The number of hydrogen-bond acceptors (Lipinski definition) is 3. The Bertz CT molecular complexity index is 727. The number of hydrogen-bond donors (Lipinski definition) is 1. The molecule has 0 aliphatic heterocycles. The molecule has 1 amide bonds. The molecule has 4 nitrogen and oxygen atoms in total. The number of aliphatic hydroxyl groups excluding tert-OH is 1. The third-order valence-electron chi connectivity index (χ3n) is 4.86. The van der Waals surface area contributed by atoms with E-state index in [0.29, 0.717) is 0 Å². The monoisotopic (exact) mass is 341 g/mol. The number of ether oxygens (including phenoxy) is 1. The molecule has 0 bridgehead atoms. The molecular formula is C21H27NO3. The standard InChI is InChI=1S/C21H27NO3/c1-14-11-17(12-19(25-5)15(14)2)13-20(23)22(4)16(3)21(24)18-9-7-6-8-10-18/h6-12,16,21,24H,13H2,1-5H3/t16-,21+/m0/s1. The molecule has 0 fully saturated rings. The van der Waals surface area contributed by atoms with Gasteiger partial charge in [-0.2, -0.15) is 0 Å². The van der Waals surface area contributed by atoms with Gasteiger partial charge < -0.3 is 14.7 Å². The first-order chi connectivity index (χ1) is 11.8. The molecule has 0 unspecified atom stereocenters. The SMILES string of the molecule is COc1cc(CC(=O)N(C)[C@@H](C)[C@@H](O)c2ccccc2)cc(C)c1C. The molecule has 25 heavy (non-hydrogen) atoms.